The lowest BCUT2D eigenvalue weighted by molar-refractivity contribution is 0.0524. The van der Waals surface area contributed by atoms with E-state index >= 15 is 0 Å². The molecule has 1 heterocycles. The first-order valence-corrected chi connectivity index (χ1v) is 6.97. The second-order valence-corrected chi connectivity index (χ2v) is 5.07. The minimum atomic E-state index is -0.679. The van der Waals surface area contributed by atoms with Crippen LogP contribution in [-0.2, 0) is 4.74 Å². The summed E-state index contributed by atoms with van der Waals surface area (Å²) in [5, 5.41) is 2.95. The van der Waals surface area contributed by atoms with Gasteiger partial charge in [-0.1, -0.05) is 0 Å². The number of nitrogens with zero attached hydrogens (tertiary/aromatic N) is 1. The van der Waals surface area contributed by atoms with Crippen molar-refractivity contribution in [2.24, 2.45) is 0 Å². The van der Waals surface area contributed by atoms with Crippen LogP contribution in [0.2, 0.25) is 0 Å². The van der Waals surface area contributed by atoms with Crippen molar-refractivity contribution < 1.29 is 9.53 Å². The number of rotatable bonds is 4. The van der Waals surface area contributed by atoms with Gasteiger partial charge in [-0.15, -0.1) is 0 Å². The van der Waals surface area contributed by atoms with Crippen LogP contribution in [0.1, 0.15) is 17.3 Å². The normalized spacial score (nSPS) is 10.1. The first-order chi connectivity index (χ1) is 9.60. The van der Waals surface area contributed by atoms with Crippen LogP contribution in [0.25, 0.3) is 0 Å². The Kier molecular flexibility index (Phi) is 4.72. The third-order valence-electron chi connectivity index (χ3n) is 2.40. The predicted octanol–water partition coefficient (Wildman–Crippen LogP) is 2.29. The van der Waals surface area contributed by atoms with Crippen LogP contribution in [0, 0.1) is 3.57 Å². The molecule has 2 N–H and O–H groups in total. The zero-order valence-corrected chi connectivity index (χ0v) is 12.8. The van der Waals surface area contributed by atoms with Crippen molar-refractivity contribution in [2.75, 3.05) is 11.9 Å². The molecule has 2 rings (SSSR count). The fourth-order valence-corrected chi connectivity index (χ4v) is 1.84. The Morgan fingerprint density at radius 2 is 2.10 bits per heavy atom. The summed E-state index contributed by atoms with van der Waals surface area (Å²) in [5.41, 5.74) is 0.143. The molecule has 0 aliphatic rings. The number of esters is 1. The van der Waals surface area contributed by atoms with Crippen molar-refractivity contribution in [3.63, 3.8) is 0 Å². The zero-order chi connectivity index (χ0) is 14.5. The SMILES string of the molecule is CCOC(=O)c1cnc(Nc2ccc(I)cc2)[nH]c1=O. The first kappa shape index (κ1) is 14.5. The lowest BCUT2D eigenvalue weighted by Crippen LogP contribution is -2.21. The molecule has 0 bridgehead atoms. The largest absolute Gasteiger partial charge is 0.462 e. The van der Waals surface area contributed by atoms with E-state index < -0.39 is 11.5 Å². The third-order valence-corrected chi connectivity index (χ3v) is 3.12. The fourth-order valence-electron chi connectivity index (χ4n) is 1.48. The Bertz CT molecular complexity index is 667. The van der Waals surface area contributed by atoms with E-state index in [0.29, 0.717) is 0 Å². The van der Waals surface area contributed by atoms with Gasteiger partial charge >= 0.3 is 5.97 Å². The number of ether oxygens (including phenoxy) is 1. The minimum absolute atomic E-state index is 0.111. The van der Waals surface area contributed by atoms with Gasteiger partial charge in [0.1, 0.15) is 5.56 Å². The second-order valence-electron chi connectivity index (χ2n) is 3.83. The Hall–Kier alpha value is -1.90. The van der Waals surface area contributed by atoms with Gasteiger partial charge in [-0.3, -0.25) is 9.78 Å². The van der Waals surface area contributed by atoms with Crippen molar-refractivity contribution in [3.8, 4) is 0 Å². The zero-order valence-electron chi connectivity index (χ0n) is 10.6. The number of hydrogen-bond donors (Lipinski definition) is 2. The highest BCUT2D eigenvalue weighted by molar-refractivity contribution is 14.1. The van der Waals surface area contributed by atoms with Crippen LogP contribution in [0.15, 0.2) is 35.3 Å². The first-order valence-electron chi connectivity index (χ1n) is 5.89. The van der Waals surface area contributed by atoms with Crippen molar-refractivity contribution in [2.45, 2.75) is 6.92 Å². The standard InChI is InChI=1S/C13H12IN3O3/c1-2-20-12(19)10-7-15-13(17-11(10)18)16-9-5-3-8(14)4-6-9/h3-7H,2H2,1H3,(H2,15,16,17,18). The highest BCUT2D eigenvalue weighted by Gasteiger charge is 2.12. The Morgan fingerprint density at radius 1 is 1.40 bits per heavy atom. The van der Waals surface area contributed by atoms with E-state index in [-0.39, 0.29) is 18.1 Å². The molecule has 0 aliphatic carbocycles. The minimum Gasteiger partial charge on any atom is -0.462 e. The molecule has 0 saturated heterocycles. The van der Waals surface area contributed by atoms with Crippen LogP contribution in [0.4, 0.5) is 11.6 Å². The molecule has 20 heavy (non-hydrogen) atoms. The van der Waals surface area contributed by atoms with Crippen molar-refractivity contribution >= 4 is 40.2 Å². The third kappa shape index (κ3) is 3.56. The molecule has 0 spiro atoms. The summed E-state index contributed by atoms with van der Waals surface area (Å²) in [6, 6.07) is 7.57. The highest BCUT2D eigenvalue weighted by Crippen LogP contribution is 2.14. The Balaban J connectivity index is 2.19. The maximum atomic E-state index is 11.8. The van der Waals surface area contributed by atoms with E-state index in [4.69, 9.17) is 4.74 Å². The average molecular weight is 385 g/mol. The van der Waals surface area contributed by atoms with Crippen LogP contribution < -0.4 is 10.9 Å². The number of carbonyl (C=O) groups excluding carboxylic acids is 1. The monoisotopic (exact) mass is 385 g/mol. The maximum Gasteiger partial charge on any atom is 0.345 e. The van der Waals surface area contributed by atoms with E-state index in [9.17, 15) is 9.59 Å². The molecule has 0 fully saturated rings. The van der Waals surface area contributed by atoms with E-state index in [1.54, 1.807) is 6.92 Å². The van der Waals surface area contributed by atoms with Gasteiger partial charge in [-0.05, 0) is 53.8 Å². The lowest BCUT2D eigenvalue weighted by Gasteiger charge is -2.06. The smallest absolute Gasteiger partial charge is 0.345 e. The van der Waals surface area contributed by atoms with E-state index in [1.165, 1.54) is 6.20 Å². The molecule has 0 radical (unpaired) electrons. The van der Waals surface area contributed by atoms with E-state index in [0.717, 1.165) is 9.26 Å². The topological polar surface area (TPSA) is 84.1 Å². The molecule has 1 aromatic heterocycles. The molecule has 104 valence electrons. The number of nitrogens with one attached hydrogen (secondary N) is 2. The number of aromatic amines is 1. The Morgan fingerprint density at radius 3 is 2.70 bits per heavy atom. The molecule has 1 aromatic carbocycles. The van der Waals surface area contributed by atoms with Gasteiger partial charge in [0.25, 0.3) is 5.56 Å². The lowest BCUT2D eigenvalue weighted by atomic mass is 10.3. The molecule has 0 amide bonds. The summed E-state index contributed by atoms with van der Waals surface area (Å²) < 4.78 is 5.86. The number of hydrogen-bond acceptors (Lipinski definition) is 5. The van der Waals surface area contributed by atoms with Gasteiger partial charge in [-0.25, -0.2) is 9.78 Å². The number of H-pyrrole nitrogens is 1. The molecular weight excluding hydrogens is 373 g/mol. The van der Waals surface area contributed by atoms with E-state index in [2.05, 4.69) is 37.9 Å². The van der Waals surface area contributed by atoms with Gasteiger partial charge in [-0.2, -0.15) is 0 Å². The van der Waals surface area contributed by atoms with Gasteiger partial charge in [0.15, 0.2) is 0 Å². The average Bonchev–Trinajstić information content (AvgIpc) is 2.42. The van der Waals surface area contributed by atoms with Crippen molar-refractivity contribution in [1.82, 2.24) is 9.97 Å². The molecule has 0 unspecified atom stereocenters. The summed E-state index contributed by atoms with van der Waals surface area (Å²) >= 11 is 2.20. The number of anilines is 2. The summed E-state index contributed by atoms with van der Waals surface area (Å²) in [6.45, 7) is 1.88. The molecule has 0 aliphatic heterocycles. The van der Waals surface area contributed by atoms with Crippen molar-refractivity contribution in [1.29, 1.82) is 0 Å². The quantitative estimate of drug-likeness (QED) is 0.624. The van der Waals surface area contributed by atoms with Gasteiger partial charge in [0, 0.05) is 9.26 Å². The maximum absolute atomic E-state index is 11.8. The number of carbonyl (C=O) groups is 1. The van der Waals surface area contributed by atoms with E-state index in [1.807, 2.05) is 24.3 Å². The van der Waals surface area contributed by atoms with Crippen molar-refractivity contribution in [3.05, 3.63) is 49.9 Å². The molecule has 0 atom stereocenters. The number of benzene rings is 1. The molecule has 2 aromatic rings. The molecular formula is C13H12IN3O3. The Labute approximate surface area is 128 Å². The van der Waals surface area contributed by atoms with Crippen LogP contribution in [0.5, 0.6) is 0 Å². The van der Waals surface area contributed by atoms with Crippen LogP contribution in [-0.4, -0.2) is 22.5 Å². The van der Waals surface area contributed by atoms with Crippen LogP contribution >= 0.6 is 22.6 Å². The molecule has 7 heteroatoms. The van der Waals surface area contributed by atoms with Gasteiger partial charge in [0.05, 0.1) is 12.8 Å². The fraction of sp³-hybridized carbons (Fsp3) is 0.154. The van der Waals surface area contributed by atoms with Gasteiger partial charge < -0.3 is 10.1 Å². The second kappa shape index (κ2) is 6.51. The molecule has 0 saturated carbocycles. The molecule has 6 nitrogen and oxygen atoms in total. The van der Waals surface area contributed by atoms with Gasteiger partial charge in [0.2, 0.25) is 5.95 Å². The summed E-state index contributed by atoms with van der Waals surface area (Å²) in [6.07, 6.45) is 1.20. The summed E-state index contributed by atoms with van der Waals surface area (Å²) in [5.74, 6) is -0.411. The summed E-state index contributed by atoms with van der Waals surface area (Å²) in [7, 11) is 0. The highest BCUT2D eigenvalue weighted by atomic mass is 127. The summed E-state index contributed by atoms with van der Waals surface area (Å²) in [4.78, 5) is 29.7. The predicted molar refractivity (Wildman–Crippen MR) is 83.3 cm³/mol. The van der Waals surface area contributed by atoms with Crippen LogP contribution in [0.3, 0.4) is 0 Å². The number of aromatic nitrogens is 2. The number of halogens is 1.